The van der Waals surface area contributed by atoms with Gasteiger partial charge in [-0.3, -0.25) is 10.1 Å². The van der Waals surface area contributed by atoms with Crippen LogP contribution in [-0.4, -0.2) is 30.5 Å². The zero-order valence-corrected chi connectivity index (χ0v) is 19.7. The lowest BCUT2D eigenvalue weighted by molar-refractivity contribution is -0.124. The van der Waals surface area contributed by atoms with Gasteiger partial charge < -0.3 is 15.0 Å². The van der Waals surface area contributed by atoms with Gasteiger partial charge in [-0.25, -0.2) is 4.79 Å². The minimum atomic E-state index is -1.15. The fourth-order valence-electron chi connectivity index (χ4n) is 4.86. The van der Waals surface area contributed by atoms with Crippen LogP contribution < -0.4 is 15.4 Å². The van der Waals surface area contributed by atoms with Gasteiger partial charge in [-0.15, -0.1) is 0 Å². The van der Waals surface area contributed by atoms with Crippen LogP contribution >= 0.6 is 0 Å². The van der Waals surface area contributed by atoms with Crippen molar-refractivity contribution in [2.24, 2.45) is 5.92 Å². The van der Waals surface area contributed by atoms with E-state index in [9.17, 15) is 9.59 Å². The fraction of sp³-hybridized carbons (Fsp3) is 0.407. The van der Waals surface area contributed by atoms with Gasteiger partial charge in [0, 0.05) is 17.8 Å². The number of fused-ring (bicyclic) bond motifs is 1. The van der Waals surface area contributed by atoms with Gasteiger partial charge in [0.15, 0.2) is 5.54 Å². The first kappa shape index (κ1) is 22.9. The van der Waals surface area contributed by atoms with Crippen LogP contribution in [0.2, 0.25) is 0 Å². The van der Waals surface area contributed by atoms with E-state index in [1.807, 2.05) is 54.3 Å². The highest BCUT2D eigenvalue weighted by Crippen LogP contribution is 2.37. The predicted molar refractivity (Wildman–Crippen MR) is 130 cm³/mol. The monoisotopic (exact) mass is 447 g/mol. The zero-order chi connectivity index (χ0) is 23.6. The van der Waals surface area contributed by atoms with Gasteiger partial charge in [0.2, 0.25) is 0 Å². The van der Waals surface area contributed by atoms with E-state index in [0.29, 0.717) is 13.1 Å². The fourth-order valence-corrected chi connectivity index (χ4v) is 4.86. The normalized spacial score (nSPS) is 21.9. The number of ether oxygens (including phenoxy) is 1. The van der Waals surface area contributed by atoms with Crippen molar-refractivity contribution in [3.8, 4) is 5.75 Å². The zero-order valence-electron chi connectivity index (χ0n) is 19.7. The molecule has 6 nitrogen and oxygen atoms in total. The van der Waals surface area contributed by atoms with Crippen LogP contribution in [0.4, 0.5) is 4.79 Å². The number of carbonyl (C=O) groups is 2. The molecule has 1 atom stereocenters. The average molecular weight is 448 g/mol. The number of aryl methyl sites for hydroxylation is 1. The molecule has 2 heterocycles. The Morgan fingerprint density at radius 2 is 1.82 bits per heavy atom. The highest BCUT2D eigenvalue weighted by Gasteiger charge is 2.49. The van der Waals surface area contributed by atoms with Crippen molar-refractivity contribution in [2.45, 2.75) is 51.6 Å². The number of rotatable bonds is 4. The number of imide groups is 1. The van der Waals surface area contributed by atoms with Gasteiger partial charge in [-0.05, 0) is 36.1 Å². The lowest BCUT2D eigenvalue weighted by Crippen LogP contribution is -2.51. The van der Waals surface area contributed by atoms with Crippen LogP contribution in [0, 0.1) is 12.8 Å². The Labute approximate surface area is 196 Å². The molecule has 174 valence electrons. The van der Waals surface area contributed by atoms with Crippen LogP contribution in [0.25, 0.3) is 5.70 Å². The number of carbonyl (C=O) groups excluding carboxylic acids is 2. The second-order valence-corrected chi connectivity index (χ2v) is 9.40. The summed E-state index contributed by atoms with van der Waals surface area (Å²) in [5.41, 5.74) is 3.61. The quantitative estimate of drug-likeness (QED) is 0.666. The standard InChI is InChI=1S/C21H21N3O3.C6H12/c1-13-4-7-16(8-5-13)21(19(25)22-20(26)23-21)12-24-11-15-6-9-17(27-3)10-18(15)14(24)2;1-6-4-2-3-5-6/h4-10H,2,11-12H2,1,3H3,(H2,22,23,25,26);6H,2-5H2,1H3/t21-;/m0./s1. The summed E-state index contributed by atoms with van der Waals surface area (Å²) >= 11 is 0. The highest BCUT2D eigenvalue weighted by molar-refractivity contribution is 6.07. The van der Waals surface area contributed by atoms with Crippen LogP contribution in [0.1, 0.15) is 54.9 Å². The van der Waals surface area contributed by atoms with Crippen molar-refractivity contribution < 1.29 is 14.3 Å². The predicted octanol–water partition coefficient (Wildman–Crippen LogP) is 4.72. The third kappa shape index (κ3) is 4.61. The Balaban J connectivity index is 0.000000376. The number of urea groups is 1. The molecule has 2 N–H and O–H groups in total. The summed E-state index contributed by atoms with van der Waals surface area (Å²) in [6.45, 7) is 9.44. The first-order valence-corrected chi connectivity index (χ1v) is 11.6. The van der Waals surface area contributed by atoms with E-state index in [-0.39, 0.29) is 5.91 Å². The molecule has 33 heavy (non-hydrogen) atoms. The molecule has 2 aromatic rings. The van der Waals surface area contributed by atoms with Crippen LogP contribution in [0.3, 0.4) is 0 Å². The van der Waals surface area contributed by atoms with Gasteiger partial charge in [-0.2, -0.15) is 0 Å². The van der Waals surface area contributed by atoms with Crippen LogP contribution in [0.15, 0.2) is 49.0 Å². The molecular formula is C27H33N3O3. The van der Waals surface area contributed by atoms with Gasteiger partial charge >= 0.3 is 6.03 Å². The van der Waals surface area contributed by atoms with Crippen molar-refractivity contribution in [1.29, 1.82) is 0 Å². The Morgan fingerprint density at radius 3 is 2.36 bits per heavy atom. The largest absolute Gasteiger partial charge is 0.497 e. The van der Waals surface area contributed by atoms with Crippen LogP contribution in [-0.2, 0) is 16.9 Å². The van der Waals surface area contributed by atoms with Gasteiger partial charge in [0.1, 0.15) is 5.75 Å². The molecule has 2 aliphatic heterocycles. The van der Waals surface area contributed by atoms with Crippen molar-refractivity contribution in [1.82, 2.24) is 15.5 Å². The average Bonchev–Trinajstić information content (AvgIpc) is 3.48. The number of methoxy groups -OCH3 is 1. The third-order valence-electron chi connectivity index (χ3n) is 6.93. The van der Waals surface area contributed by atoms with E-state index in [0.717, 1.165) is 39.6 Å². The van der Waals surface area contributed by atoms with E-state index in [4.69, 9.17) is 4.74 Å². The van der Waals surface area contributed by atoms with Gasteiger partial charge in [-0.1, -0.05) is 75.1 Å². The molecule has 5 rings (SSSR count). The Morgan fingerprint density at radius 1 is 1.12 bits per heavy atom. The first-order valence-electron chi connectivity index (χ1n) is 11.6. The molecule has 2 aromatic carbocycles. The summed E-state index contributed by atoms with van der Waals surface area (Å²) < 4.78 is 5.31. The van der Waals surface area contributed by atoms with E-state index in [1.54, 1.807) is 7.11 Å². The number of hydrogen-bond donors (Lipinski definition) is 2. The number of hydrogen-bond acceptors (Lipinski definition) is 4. The molecule has 1 saturated carbocycles. The number of benzene rings is 2. The molecule has 0 bridgehead atoms. The maximum Gasteiger partial charge on any atom is 0.322 e. The molecule has 2 fully saturated rings. The summed E-state index contributed by atoms with van der Waals surface area (Å²) in [6, 6.07) is 13.0. The summed E-state index contributed by atoms with van der Waals surface area (Å²) in [4.78, 5) is 26.8. The molecule has 3 aliphatic rings. The maximum absolute atomic E-state index is 12.8. The minimum Gasteiger partial charge on any atom is -0.497 e. The second kappa shape index (κ2) is 9.30. The van der Waals surface area contributed by atoms with E-state index in [1.165, 1.54) is 25.7 Å². The maximum atomic E-state index is 12.8. The van der Waals surface area contributed by atoms with Crippen molar-refractivity contribution in [3.05, 3.63) is 71.3 Å². The summed E-state index contributed by atoms with van der Waals surface area (Å²) in [5, 5.41) is 5.23. The molecule has 0 spiro atoms. The molecule has 6 heteroatoms. The number of nitrogens with one attached hydrogen (secondary N) is 2. The lowest BCUT2D eigenvalue weighted by Gasteiger charge is -2.33. The Kier molecular flexibility index (Phi) is 6.45. The number of nitrogens with zero attached hydrogens (tertiary/aromatic N) is 1. The van der Waals surface area contributed by atoms with Gasteiger partial charge in [0.25, 0.3) is 5.91 Å². The third-order valence-corrected chi connectivity index (χ3v) is 6.93. The molecule has 1 aliphatic carbocycles. The lowest BCUT2D eigenvalue weighted by atomic mass is 9.88. The Bertz CT molecular complexity index is 1060. The topological polar surface area (TPSA) is 70.7 Å². The van der Waals surface area contributed by atoms with E-state index >= 15 is 0 Å². The molecule has 0 unspecified atom stereocenters. The van der Waals surface area contributed by atoms with E-state index < -0.39 is 11.6 Å². The first-order chi connectivity index (χ1) is 15.8. The smallest absolute Gasteiger partial charge is 0.322 e. The molecule has 3 amide bonds. The van der Waals surface area contributed by atoms with Crippen molar-refractivity contribution in [3.63, 3.8) is 0 Å². The highest BCUT2D eigenvalue weighted by atomic mass is 16.5. The van der Waals surface area contributed by atoms with Gasteiger partial charge in [0.05, 0.1) is 13.7 Å². The molecule has 0 aromatic heterocycles. The minimum absolute atomic E-state index is 0.295. The summed E-state index contributed by atoms with van der Waals surface area (Å²) in [5.74, 6) is 1.46. The Hall–Kier alpha value is -3.28. The number of amides is 3. The molecule has 0 radical (unpaired) electrons. The second-order valence-electron chi connectivity index (χ2n) is 9.40. The summed E-state index contributed by atoms with van der Waals surface area (Å²) in [7, 11) is 1.63. The van der Waals surface area contributed by atoms with Crippen molar-refractivity contribution in [2.75, 3.05) is 13.7 Å². The van der Waals surface area contributed by atoms with Crippen LogP contribution in [0.5, 0.6) is 5.75 Å². The summed E-state index contributed by atoms with van der Waals surface area (Å²) in [6.07, 6.45) is 5.95. The van der Waals surface area contributed by atoms with E-state index in [2.05, 4.69) is 24.1 Å². The SMILES string of the molecule is C=C1c2cc(OC)ccc2CN1C[C@@]1(c2ccc(C)cc2)NC(=O)NC1=O.CC1CCCC1. The molecular weight excluding hydrogens is 414 g/mol. The van der Waals surface area contributed by atoms with Crippen molar-refractivity contribution >= 4 is 17.6 Å². The molecule has 1 saturated heterocycles.